The van der Waals surface area contributed by atoms with Gasteiger partial charge in [0.1, 0.15) is 25.1 Å². The molecule has 154 valence electrons. The molecule has 2 aromatic rings. The summed E-state index contributed by atoms with van der Waals surface area (Å²) in [6.07, 6.45) is -4.08. The Kier molecular flexibility index (Phi) is 5.18. The Morgan fingerprint density at radius 3 is 2.63 bits per heavy atom. The zero-order valence-electron chi connectivity index (χ0n) is 15.1. The van der Waals surface area contributed by atoms with Crippen LogP contribution >= 0.6 is 23.4 Å². The Morgan fingerprint density at radius 1 is 1.23 bits per heavy atom. The number of hydrogen-bond acceptors (Lipinski definition) is 5. The summed E-state index contributed by atoms with van der Waals surface area (Å²) in [4.78, 5) is 23.8. The third kappa shape index (κ3) is 3.74. The molecule has 2 aromatic carbocycles. The van der Waals surface area contributed by atoms with Gasteiger partial charge in [-0.3, -0.25) is 14.9 Å². The minimum absolute atomic E-state index is 0.0450. The first-order valence-corrected chi connectivity index (χ1v) is 9.92. The molecule has 2 aliphatic heterocycles. The fourth-order valence-corrected chi connectivity index (χ4v) is 4.61. The Balaban J connectivity index is 1.61. The molecule has 1 saturated heterocycles. The lowest BCUT2D eigenvalue weighted by Gasteiger charge is -2.35. The smallest absolute Gasteiger partial charge is 0.416 e. The van der Waals surface area contributed by atoms with Crippen LogP contribution in [0.4, 0.5) is 18.0 Å². The minimum Gasteiger partial charge on any atom is -0.493 e. The first-order valence-electron chi connectivity index (χ1n) is 8.72. The van der Waals surface area contributed by atoms with Crippen molar-refractivity contribution in [1.82, 2.24) is 5.32 Å². The van der Waals surface area contributed by atoms with E-state index in [-0.39, 0.29) is 23.1 Å². The number of carbonyl (C=O) groups excluding carboxylic acids is 2. The highest BCUT2D eigenvalue weighted by molar-refractivity contribution is 8.17. The lowest BCUT2D eigenvalue weighted by atomic mass is 9.69. The van der Waals surface area contributed by atoms with E-state index in [9.17, 15) is 22.8 Å². The van der Waals surface area contributed by atoms with Crippen molar-refractivity contribution in [3.8, 4) is 17.2 Å². The van der Waals surface area contributed by atoms with Crippen LogP contribution in [0.1, 0.15) is 23.5 Å². The van der Waals surface area contributed by atoms with Crippen LogP contribution in [-0.4, -0.2) is 30.2 Å². The Morgan fingerprint density at radius 2 is 2.00 bits per heavy atom. The van der Waals surface area contributed by atoms with Crippen LogP contribution in [0, 0.1) is 0 Å². The monoisotopic (exact) mass is 453 g/mol. The zero-order chi connectivity index (χ0) is 21.7. The summed E-state index contributed by atoms with van der Waals surface area (Å²) in [5, 5.41) is 1.50. The summed E-state index contributed by atoms with van der Waals surface area (Å²) in [6, 6.07) is 7.55. The third-order valence-electron chi connectivity index (χ3n) is 4.86. The van der Waals surface area contributed by atoms with E-state index in [2.05, 4.69) is 5.32 Å². The molecule has 2 atom stereocenters. The van der Waals surface area contributed by atoms with Crippen LogP contribution in [0.3, 0.4) is 0 Å². The minimum atomic E-state index is -4.51. The van der Waals surface area contributed by atoms with Crippen LogP contribution in [0.5, 0.6) is 17.2 Å². The normalized spacial score (nSPS) is 23.5. The topological polar surface area (TPSA) is 64.6 Å². The SMILES string of the molecule is [B][C@]1([C@H]2CCOc3cc(Oc4ccc(C(F)(F)F)cc4Cl)ccc32)SC(=O)NC1=O. The number of amides is 2. The van der Waals surface area contributed by atoms with Crippen molar-refractivity contribution in [2.75, 3.05) is 6.61 Å². The summed E-state index contributed by atoms with van der Waals surface area (Å²) in [5.74, 6) is -0.302. The van der Waals surface area contributed by atoms with Gasteiger partial charge < -0.3 is 9.47 Å². The average molecular weight is 454 g/mol. The number of carbonyl (C=O) groups is 2. The molecule has 2 heterocycles. The molecule has 4 rings (SSSR count). The van der Waals surface area contributed by atoms with Crippen molar-refractivity contribution in [2.45, 2.75) is 23.2 Å². The largest absolute Gasteiger partial charge is 0.493 e. The van der Waals surface area contributed by atoms with Gasteiger partial charge in [-0.05, 0) is 36.2 Å². The van der Waals surface area contributed by atoms with Gasteiger partial charge in [0, 0.05) is 12.0 Å². The summed E-state index contributed by atoms with van der Waals surface area (Å²) >= 11 is 6.67. The van der Waals surface area contributed by atoms with Crippen LogP contribution < -0.4 is 14.8 Å². The van der Waals surface area contributed by atoms with E-state index in [1.807, 2.05) is 0 Å². The van der Waals surface area contributed by atoms with Crippen molar-refractivity contribution < 1.29 is 32.2 Å². The lowest BCUT2D eigenvalue weighted by molar-refractivity contribution is -0.137. The molecule has 2 aliphatic rings. The first kappa shape index (κ1) is 20.9. The molecule has 5 nitrogen and oxygen atoms in total. The zero-order valence-corrected chi connectivity index (χ0v) is 16.7. The second kappa shape index (κ2) is 7.42. The fourth-order valence-electron chi connectivity index (χ4n) is 3.41. The average Bonchev–Trinajstić information content (AvgIpc) is 2.94. The first-order chi connectivity index (χ1) is 14.1. The molecule has 0 saturated carbocycles. The predicted molar refractivity (Wildman–Crippen MR) is 105 cm³/mol. The Bertz CT molecular complexity index is 1050. The molecule has 11 heteroatoms. The second-order valence-corrected chi connectivity index (χ2v) is 8.43. The molecular weight excluding hydrogens is 442 g/mol. The molecule has 0 bridgehead atoms. The van der Waals surface area contributed by atoms with E-state index >= 15 is 0 Å². The molecule has 0 spiro atoms. The maximum Gasteiger partial charge on any atom is 0.416 e. The van der Waals surface area contributed by atoms with Gasteiger partial charge in [-0.1, -0.05) is 29.4 Å². The van der Waals surface area contributed by atoms with Gasteiger partial charge in [0.15, 0.2) is 0 Å². The van der Waals surface area contributed by atoms with Gasteiger partial charge in [0.25, 0.3) is 5.24 Å². The number of halogens is 4. The van der Waals surface area contributed by atoms with E-state index in [1.54, 1.807) is 12.1 Å². The quantitative estimate of drug-likeness (QED) is 0.672. The van der Waals surface area contributed by atoms with Gasteiger partial charge in [-0.15, -0.1) is 0 Å². The van der Waals surface area contributed by atoms with Crippen molar-refractivity contribution in [1.29, 1.82) is 0 Å². The van der Waals surface area contributed by atoms with Gasteiger partial charge in [-0.25, -0.2) is 0 Å². The van der Waals surface area contributed by atoms with Crippen molar-refractivity contribution >= 4 is 42.4 Å². The molecule has 0 aromatic heterocycles. The molecule has 2 amide bonds. The number of imide groups is 1. The number of alkyl halides is 3. The predicted octanol–water partition coefficient (Wildman–Crippen LogP) is 4.87. The third-order valence-corrected chi connectivity index (χ3v) is 6.25. The summed E-state index contributed by atoms with van der Waals surface area (Å²) in [6.45, 7) is 0.267. The van der Waals surface area contributed by atoms with E-state index in [0.717, 1.165) is 30.0 Å². The Labute approximate surface area is 179 Å². The van der Waals surface area contributed by atoms with Crippen LogP contribution in [0.25, 0.3) is 0 Å². The van der Waals surface area contributed by atoms with Gasteiger partial charge >= 0.3 is 6.18 Å². The Hall–Kier alpha value is -2.33. The molecule has 0 aliphatic carbocycles. The highest BCUT2D eigenvalue weighted by Gasteiger charge is 2.50. The van der Waals surface area contributed by atoms with Crippen LogP contribution in [0.2, 0.25) is 5.02 Å². The number of benzene rings is 2. The van der Waals surface area contributed by atoms with Crippen molar-refractivity contribution in [2.24, 2.45) is 0 Å². The summed E-state index contributed by atoms with van der Waals surface area (Å²) in [5.41, 5.74) is -0.251. The van der Waals surface area contributed by atoms with E-state index in [4.69, 9.17) is 28.9 Å². The maximum atomic E-state index is 12.8. The number of nitrogens with one attached hydrogen (secondary N) is 1. The fraction of sp³-hybridized carbons (Fsp3) is 0.263. The van der Waals surface area contributed by atoms with Crippen LogP contribution in [-0.2, 0) is 11.0 Å². The highest BCUT2D eigenvalue weighted by Crippen LogP contribution is 2.48. The standard InChI is InChI=1S/C19H12BClF3NO4S/c20-18(16(26)25-17(27)30-18)12-5-6-28-15-8-10(2-3-11(12)15)29-14-4-1-9(7-13(14)21)19(22,23)24/h1-4,7-8,12H,5-6H2,(H,25,26,27)/t12-,18+/m0/s1. The second-order valence-electron chi connectivity index (χ2n) is 6.77. The molecule has 1 fully saturated rings. The summed E-state index contributed by atoms with van der Waals surface area (Å²) < 4.78 is 48.2. The molecule has 1 N–H and O–H groups in total. The van der Waals surface area contributed by atoms with E-state index in [1.165, 1.54) is 6.07 Å². The van der Waals surface area contributed by atoms with Gasteiger partial charge in [-0.2, -0.15) is 13.2 Å². The number of thioether (sulfide) groups is 1. The maximum absolute atomic E-state index is 12.8. The van der Waals surface area contributed by atoms with Crippen molar-refractivity contribution in [3.05, 3.63) is 52.5 Å². The van der Waals surface area contributed by atoms with Gasteiger partial charge in [0.2, 0.25) is 5.91 Å². The molecule has 30 heavy (non-hydrogen) atoms. The number of fused-ring (bicyclic) bond motifs is 1. The number of hydrogen-bond donors (Lipinski definition) is 1. The summed E-state index contributed by atoms with van der Waals surface area (Å²) in [7, 11) is 6.25. The van der Waals surface area contributed by atoms with Crippen LogP contribution in [0.15, 0.2) is 36.4 Å². The lowest BCUT2D eigenvalue weighted by Crippen LogP contribution is -2.44. The van der Waals surface area contributed by atoms with E-state index < -0.39 is 33.5 Å². The molecule has 0 unspecified atom stereocenters. The molecular formula is C19H12BClF3NO4S. The number of ether oxygens (including phenoxy) is 2. The van der Waals surface area contributed by atoms with E-state index in [0.29, 0.717) is 17.7 Å². The number of rotatable bonds is 3. The van der Waals surface area contributed by atoms with Crippen molar-refractivity contribution in [3.63, 3.8) is 0 Å². The molecule has 2 radical (unpaired) electrons. The van der Waals surface area contributed by atoms with Gasteiger partial charge in [0.05, 0.1) is 21.8 Å². The highest BCUT2D eigenvalue weighted by atomic mass is 35.5.